The summed E-state index contributed by atoms with van der Waals surface area (Å²) in [4.78, 5) is 11.9. The SMILES string of the molecule is COc1cccc(OCC(=O)NCCc2cccc(Cl)c2)c1OC. The van der Waals surface area contributed by atoms with Crippen molar-refractivity contribution >= 4 is 17.5 Å². The van der Waals surface area contributed by atoms with Crippen LogP contribution in [-0.4, -0.2) is 33.3 Å². The van der Waals surface area contributed by atoms with Crippen LogP contribution in [0.3, 0.4) is 0 Å². The van der Waals surface area contributed by atoms with Crippen molar-refractivity contribution < 1.29 is 19.0 Å². The van der Waals surface area contributed by atoms with Crippen molar-refractivity contribution in [3.8, 4) is 17.2 Å². The van der Waals surface area contributed by atoms with Gasteiger partial charge in [-0.25, -0.2) is 0 Å². The molecule has 0 heterocycles. The molecule has 0 saturated carbocycles. The van der Waals surface area contributed by atoms with Crippen molar-refractivity contribution in [1.82, 2.24) is 5.32 Å². The standard InChI is InChI=1S/C18H20ClNO4/c1-22-15-7-4-8-16(18(15)23-2)24-12-17(21)20-10-9-13-5-3-6-14(19)11-13/h3-8,11H,9-10,12H2,1-2H3,(H,20,21). The fourth-order valence-corrected chi connectivity index (χ4v) is 2.42. The van der Waals surface area contributed by atoms with Crippen molar-refractivity contribution in [1.29, 1.82) is 0 Å². The summed E-state index contributed by atoms with van der Waals surface area (Å²) in [5.41, 5.74) is 1.07. The number of amides is 1. The number of carbonyl (C=O) groups excluding carboxylic acids is 1. The van der Waals surface area contributed by atoms with Gasteiger partial charge in [0.05, 0.1) is 14.2 Å². The number of hydrogen-bond acceptors (Lipinski definition) is 4. The van der Waals surface area contributed by atoms with Gasteiger partial charge in [-0.2, -0.15) is 0 Å². The Labute approximate surface area is 146 Å². The molecular weight excluding hydrogens is 330 g/mol. The molecule has 6 heteroatoms. The van der Waals surface area contributed by atoms with Crippen LogP contribution < -0.4 is 19.5 Å². The fraction of sp³-hybridized carbons (Fsp3) is 0.278. The Balaban J connectivity index is 1.81. The molecule has 0 saturated heterocycles. The molecule has 0 fully saturated rings. The van der Waals surface area contributed by atoms with Crippen molar-refractivity contribution in [2.24, 2.45) is 0 Å². The second-order valence-corrected chi connectivity index (χ2v) is 5.45. The minimum Gasteiger partial charge on any atom is -0.493 e. The van der Waals surface area contributed by atoms with Crippen molar-refractivity contribution in [2.75, 3.05) is 27.4 Å². The quantitative estimate of drug-likeness (QED) is 0.795. The zero-order valence-electron chi connectivity index (χ0n) is 13.7. The second kappa shape index (κ2) is 9.03. The third kappa shape index (κ3) is 5.06. The molecule has 24 heavy (non-hydrogen) atoms. The van der Waals surface area contributed by atoms with Gasteiger partial charge >= 0.3 is 0 Å². The van der Waals surface area contributed by atoms with Crippen LogP contribution in [0.15, 0.2) is 42.5 Å². The maximum atomic E-state index is 11.9. The average molecular weight is 350 g/mol. The van der Waals surface area contributed by atoms with E-state index in [-0.39, 0.29) is 12.5 Å². The van der Waals surface area contributed by atoms with E-state index in [1.165, 1.54) is 7.11 Å². The van der Waals surface area contributed by atoms with E-state index in [0.717, 1.165) is 5.56 Å². The van der Waals surface area contributed by atoms with Crippen LogP contribution in [0.5, 0.6) is 17.2 Å². The van der Waals surface area contributed by atoms with E-state index in [0.29, 0.717) is 35.2 Å². The van der Waals surface area contributed by atoms with Crippen LogP contribution in [0, 0.1) is 0 Å². The molecule has 2 aromatic rings. The van der Waals surface area contributed by atoms with Gasteiger partial charge in [0.2, 0.25) is 5.75 Å². The Morgan fingerprint density at radius 2 is 1.83 bits per heavy atom. The fourth-order valence-electron chi connectivity index (χ4n) is 2.20. The lowest BCUT2D eigenvalue weighted by Crippen LogP contribution is -2.30. The van der Waals surface area contributed by atoms with Crippen LogP contribution >= 0.6 is 11.6 Å². The van der Waals surface area contributed by atoms with Crippen LogP contribution in [0.4, 0.5) is 0 Å². The lowest BCUT2D eigenvalue weighted by Gasteiger charge is -2.13. The second-order valence-electron chi connectivity index (χ2n) is 5.01. The molecule has 0 aliphatic heterocycles. The van der Waals surface area contributed by atoms with E-state index < -0.39 is 0 Å². The number of carbonyl (C=O) groups is 1. The Bertz CT molecular complexity index is 690. The number of halogens is 1. The van der Waals surface area contributed by atoms with Gasteiger partial charge in [-0.05, 0) is 36.2 Å². The van der Waals surface area contributed by atoms with E-state index >= 15 is 0 Å². The molecule has 0 aliphatic rings. The first-order valence-corrected chi connectivity index (χ1v) is 7.86. The largest absolute Gasteiger partial charge is 0.493 e. The molecular formula is C18H20ClNO4. The monoisotopic (exact) mass is 349 g/mol. The van der Waals surface area contributed by atoms with E-state index in [4.69, 9.17) is 25.8 Å². The van der Waals surface area contributed by atoms with E-state index in [9.17, 15) is 4.79 Å². The third-order valence-corrected chi connectivity index (χ3v) is 3.59. The Morgan fingerprint density at radius 3 is 2.54 bits per heavy atom. The van der Waals surface area contributed by atoms with E-state index in [1.54, 1.807) is 25.3 Å². The Hall–Kier alpha value is -2.40. The molecule has 1 N–H and O–H groups in total. The molecule has 0 bridgehead atoms. The van der Waals surface area contributed by atoms with Crippen molar-refractivity contribution in [2.45, 2.75) is 6.42 Å². The number of rotatable bonds is 8. The van der Waals surface area contributed by atoms with Crippen molar-refractivity contribution in [3.05, 3.63) is 53.1 Å². The molecule has 1 amide bonds. The highest BCUT2D eigenvalue weighted by Crippen LogP contribution is 2.36. The molecule has 128 valence electrons. The molecule has 0 aliphatic carbocycles. The molecule has 0 spiro atoms. The van der Waals surface area contributed by atoms with Gasteiger partial charge in [0.1, 0.15) is 0 Å². The van der Waals surface area contributed by atoms with Crippen LogP contribution in [-0.2, 0) is 11.2 Å². The zero-order chi connectivity index (χ0) is 17.4. The Morgan fingerprint density at radius 1 is 1.08 bits per heavy atom. The first-order chi connectivity index (χ1) is 11.6. The summed E-state index contributed by atoms with van der Waals surface area (Å²) in [5, 5.41) is 3.50. The molecule has 2 aromatic carbocycles. The zero-order valence-corrected chi connectivity index (χ0v) is 14.4. The molecule has 0 atom stereocenters. The highest BCUT2D eigenvalue weighted by atomic mass is 35.5. The summed E-state index contributed by atoms with van der Waals surface area (Å²) >= 11 is 5.93. The maximum Gasteiger partial charge on any atom is 0.257 e. The molecule has 2 rings (SSSR count). The number of hydrogen-bond donors (Lipinski definition) is 1. The number of methoxy groups -OCH3 is 2. The normalized spacial score (nSPS) is 10.1. The topological polar surface area (TPSA) is 56.8 Å². The van der Waals surface area contributed by atoms with Gasteiger partial charge in [-0.1, -0.05) is 29.8 Å². The van der Waals surface area contributed by atoms with Gasteiger partial charge in [0.15, 0.2) is 18.1 Å². The smallest absolute Gasteiger partial charge is 0.257 e. The van der Waals surface area contributed by atoms with Crippen LogP contribution in [0.2, 0.25) is 5.02 Å². The third-order valence-electron chi connectivity index (χ3n) is 3.35. The van der Waals surface area contributed by atoms with Gasteiger partial charge in [-0.15, -0.1) is 0 Å². The highest BCUT2D eigenvalue weighted by Gasteiger charge is 2.12. The van der Waals surface area contributed by atoms with Gasteiger partial charge in [0.25, 0.3) is 5.91 Å². The molecule has 5 nitrogen and oxygen atoms in total. The van der Waals surface area contributed by atoms with Crippen LogP contribution in [0.1, 0.15) is 5.56 Å². The number of ether oxygens (including phenoxy) is 3. The highest BCUT2D eigenvalue weighted by molar-refractivity contribution is 6.30. The first-order valence-electron chi connectivity index (χ1n) is 7.49. The van der Waals surface area contributed by atoms with Crippen LogP contribution in [0.25, 0.3) is 0 Å². The average Bonchev–Trinajstić information content (AvgIpc) is 2.59. The summed E-state index contributed by atoms with van der Waals surface area (Å²) < 4.78 is 16.0. The molecule has 0 unspecified atom stereocenters. The number of nitrogens with one attached hydrogen (secondary N) is 1. The maximum absolute atomic E-state index is 11.9. The summed E-state index contributed by atoms with van der Waals surface area (Å²) in [7, 11) is 3.07. The summed E-state index contributed by atoms with van der Waals surface area (Å²) in [6.45, 7) is 0.414. The van der Waals surface area contributed by atoms with E-state index in [2.05, 4.69) is 5.32 Å². The van der Waals surface area contributed by atoms with Crippen molar-refractivity contribution in [3.63, 3.8) is 0 Å². The Kier molecular flexibility index (Phi) is 6.75. The van der Waals surface area contributed by atoms with Gasteiger partial charge in [0, 0.05) is 11.6 Å². The summed E-state index contributed by atoms with van der Waals surface area (Å²) in [5.74, 6) is 1.27. The minimum absolute atomic E-state index is 0.0981. The van der Waals surface area contributed by atoms with Gasteiger partial charge < -0.3 is 19.5 Å². The lowest BCUT2D eigenvalue weighted by molar-refractivity contribution is -0.123. The lowest BCUT2D eigenvalue weighted by atomic mass is 10.1. The minimum atomic E-state index is -0.207. The predicted octanol–water partition coefficient (Wildman–Crippen LogP) is 3.09. The summed E-state index contributed by atoms with van der Waals surface area (Å²) in [6.07, 6.45) is 0.703. The summed E-state index contributed by atoms with van der Waals surface area (Å²) in [6, 6.07) is 12.8. The molecule has 0 aromatic heterocycles. The number of para-hydroxylation sites is 1. The first kappa shape index (κ1) is 17.9. The predicted molar refractivity (Wildman–Crippen MR) is 93.2 cm³/mol. The van der Waals surface area contributed by atoms with Gasteiger partial charge in [-0.3, -0.25) is 4.79 Å². The van der Waals surface area contributed by atoms with E-state index in [1.807, 2.05) is 24.3 Å². The molecule has 0 radical (unpaired) electrons. The number of benzene rings is 2.